The van der Waals surface area contributed by atoms with E-state index in [1.807, 2.05) is 6.07 Å². The van der Waals surface area contributed by atoms with Crippen LogP contribution in [-0.4, -0.2) is 51.9 Å². The Kier molecular flexibility index (Phi) is 7.35. The van der Waals surface area contributed by atoms with Gasteiger partial charge in [-0.2, -0.15) is 4.31 Å². The first-order valence-electron chi connectivity index (χ1n) is 11.3. The molecule has 4 rings (SSSR count). The van der Waals surface area contributed by atoms with Gasteiger partial charge in [0.05, 0.1) is 17.7 Å². The van der Waals surface area contributed by atoms with Crippen molar-refractivity contribution in [3.05, 3.63) is 82.4 Å². The fourth-order valence-electron chi connectivity index (χ4n) is 4.14. The Morgan fingerprint density at radius 2 is 1.66 bits per heavy atom. The maximum Gasteiger partial charge on any atom is 0.255 e. The first kappa shape index (κ1) is 25.0. The molecule has 0 spiro atoms. The summed E-state index contributed by atoms with van der Waals surface area (Å²) in [6.45, 7) is 6.10. The molecular formula is C26H28ClN3O4S. The van der Waals surface area contributed by atoms with Crippen LogP contribution in [0.3, 0.4) is 0 Å². The van der Waals surface area contributed by atoms with E-state index in [1.54, 1.807) is 30.3 Å². The van der Waals surface area contributed by atoms with E-state index >= 15 is 0 Å². The van der Waals surface area contributed by atoms with Crippen molar-refractivity contribution in [3.63, 3.8) is 0 Å². The number of nitrogens with zero attached hydrogens (tertiary/aromatic N) is 2. The van der Waals surface area contributed by atoms with Crippen LogP contribution in [0.4, 0.5) is 11.4 Å². The van der Waals surface area contributed by atoms with Crippen molar-refractivity contribution >= 4 is 38.9 Å². The average Bonchev–Trinajstić information content (AvgIpc) is 2.86. The monoisotopic (exact) mass is 513 g/mol. The maximum atomic E-state index is 13.4. The topological polar surface area (TPSA) is 79.0 Å². The fourth-order valence-corrected chi connectivity index (χ4v) is 5.71. The lowest BCUT2D eigenvalue weighted by Gasteiger charge is -2.36. The number of nitrogens with one attached hydrogen (secondary N) is 1. The number of anilines is 2. The quantitative estimate of drug-likeness (QED) is 0.515. The Morgan fingerprint density at radius 1 is 0.971 bits per heavy atom. The number of rotatable bonds is 6. The lowest BCUT2D eigenvalue weighted by Crippen LogP contribution is -2.48. The van der Waals surface area contributed by atoms with Gasteiger partial charge in [-0.1, -0.05) is 23.7 Å². The van der Waals surface area contributed by atoms with Crippen LogP contribution in [0.15, 0.2) is 65.6 Å². The second-order valence-corrected chi connectivity index (χ2v) is 10.8. The van der Waals surface area contributed by atoms with Gasteiger partial charge < -0.3 is 15.0 Å². The number of piperazine rings is 1. The number of benzene rings is 3. The van der Waals surface area contributed by atoms with Gasteiger partial charge in [-0.25, -0.2) is 8.42 Å². The molecule has 1 aliphatic heterocycles. The Labute approximate surface area is 211 Å². The molecule has 0 unspecified atom stereocenters. The SMILES string of the molecule is COc1ccc(S(=O)(=O)N2CCN(c3cccc(C)c3C)CC2)cc1NC(=O)c1ccc(Cl)cc1. The molecule has 1 aliphatic rings. The van der Waals surface area contributed by atoms with Crippen LogP contribution in [0.2, 0.25) is 5.02 Å². The molecule has 0 atom stereocenters. The third-order valence-corrected chi connectivity index (χ3v) is 8.47. The second-order valence-electron chi connectivity index (χ2n) is 8.43. The van der Waals surface area contributed by atoms with Crippen LogP contribution in [-0.2, 0) is 10.0 Å². The third-order valence-electron chi connectivity index (χ3n) is 6.32. The maximum absolute atomic E-state index is 13.4. The number of hydrogen-bond donors (Lipinski definition) is 1. The van der Waals surface area contributed by atoms with Gasteiger partial charge in [0.1, 0.15) is 5.75 Å². The summed E-state index contributed by atoms with van der Waals surface area (Å²) in [5, 5.41) is 3.27. The minimum absolute atomic E-state index is 0.102. The number of ether oxygens (including phenoxy) is 1. The van der Waals surface area contributed by atoms with Crippen molar-refractivity contribution in [2.45, 2.75) is 18.7 Å². The number of halogens is 1. The molecule has 35 heavy (non-hydrogen) atoms. The highest BCUT2D eigenvalue weighted by molar-refractivity contribution is 7.89. The molecule has 9 heteroatoms. The number of sulfonamides is 1. The largest absolute Gasteiger partial charge is 0.495 e. The van der Waals surface area contributed by atoms with E-state index in [-0.39, 0.29) is 10.6 Å². The van der Waals surface area contributed by atoms with Crippen LogP contribution in [0.5, 0.6) is 5.75 Å². The summed E-state index contributed by atoms with van der Waals surface area (Å²) >= 11 is 5.90. The zero-order valence-electron chi connectivity index (χ0n) is 19.9. The fraction of sp³-hybridized carbons (Fsp3) is 0.269. The molecule has 184 valence electrons. The van der Waals surface area contributed by atoms with Crippen LogP contribution in [0.1, 0.15) is 21.5 Å². The zero-order chi connectivity index (χ0) is 25.2. The molecule has 0 bridgehead atoms. The van der Waals surface area contributed by atoms with Gasteiger partial charge in [0.2, 0.25) is 10.0 Å². The van der Waals surface area contributed by atoms with E-state index in [4.69, 9.17) is 16.3 Å². The van der Waals surface area contributed by atoms with Gasteiger partial charge in [0, 0.05) is 42.5 Å². The predicted octanol–water partition coefficient (Wildman–Crippen LogP) is 4.73. The number of carbonyl (C=O) groups excluding carboxylic acids is 1. The van der Waals surface area contributed by atoms with Gasteiger partial charge >= 0.3 is 0 Å². The summed E-state index contributed by atoms with van der Waals surface area (Å²) in [5.41, 5.74) is 4.23. The summed E-state index contributed by atoms with van der Waals surface area (Å²) in [4.78, 5) is 15.0. The molecule has 0 aromatic heterocycles. The van der Waals surface area contributed by atoms with Gasteiger partial charge in [-0.15, -0.1) is 0 Å². The summed E-state index contributed by atoms with van der Waals surface area (Å²) < 4.78 is 33.7. The van der Waals surface area contributed by atoms with Crippen LogP contribution >= 0.6 is 11.6 Å². The molecule has 1 N–H and O–H groups in total. The Bertz CT molecular complexity index is 1340. The van der Waals surface area contributed by atoms with E-state index in [2.05, 4.69) is 36.2 Å². The standard InChI is InChI=1S/C26H28ClN3O4S/c1-18-5-4-6-24(19(18)2)29-13-15-30(16-14-29)35(32,33)22-11-12-25(34-3)23(17-22)28-26(31)20-7-9-21(27)10-8-20/h4-12,17H,13-16H2,1-3H3,(H,28,31). The first-order chi connectivity index (χ1) is 16.7. The minimum Gasteiger partial charge on any atom is -0.495 e. The summed E-state index contributed by atoms with van der Waals surface area (Å²) in [5.74, 6) is -0.0253. The molecule has 0 radical (unpaired) electrons. The van der Waals surface area contributed by atoms with Crippen molar-refractivity contribution in [1.29, 1.82) is 0 Å². The number of aryl methyl sites for hydroxylation is 1. The average molecular weight is 514 g/mol. The molecule has 7 nitrogen and oxygen atoms in total. The summed E-state index contributed by atoms with van der Waals surface area (Å²) in [6, 6.07) is 17.1. The molecule has 3 aromatic rings. The van der Waals surface area contributed by atoms with E-state index in [0.717, 1.165) is 5.69 Å². The minimum atomic E-state index is -3.76. The van der Waals surface area contributed by atoms with Crippen LogP contribution in [0, 0.1) is 13.8 Å². The van der Waals surface area contributed by atoms with Crippen molar-refractivity contribution < 1.29 is 17.9 Å². The molecule has 3 aromatic carbocycles. The van der Waals surface area contributed by atoms with Gasteiger partial charge in [-0.3, -0.25) is 4.79 Å². The van der Waals surface area contributed by atoms with Crippen molar-refractivity contribution in [2.24, 2.45) is 0 Å². The molecule has 1 saturated heterocycles. The molecule has 1 heterocycles. The van der Waals surface area contributed by atoms with Gasteiger partial charge in [0.25, 0.3) is 5.91 Å². The molecule has 1 fully saturated rings. The Morgan fingerprint density at radius 3 is 2.31 bits per heavy atom. The number of methoxy groups -OCH3 is 1. The Hall–Kier alpha value is -3.07. The highest BCUT2D eigenvalue weighted by Gasteiger charge is 2.30. The van der Waals surface area contributed by atoms with Crippen LogP contribution < -0.4 is 15.0 Å². The Balaban J connectivity index is 1.52. The highest BCUT2D eigenvalue weighted by Crippen LogP contribution is 2.31. The molecule has 1 amide bonds. The second kappa shape index (κ2) is 10.3. The predicted molar refractivity (Wildman–Crippen MR) is 139 cm³/mol. The molecule has 0 aliphatic carbocycles. The van der Waals surface area contributed by atoms with Gasteiger partial charge in [0.15, 0.2) is 0 Å². The number of hydrogen-bond acceptors (Lipinski definition) is 5. The lowest BCUT2D eigenvalue weighted by atomic mass is 10.1. The highest BCUT2D eigenvalue weighted by atomic mass is 35.5. The summed E-state index contributed by atoms with van der Waals surface area (Å²) in [6.07, 6.45) is 0. The zero-order valence-corrected chi connectivity index (χ0v) is 21.5. The lowest BCUT2D eigenvalue weighted by molar-refractivity contribution is 0.102. The smallest absolute Gasteiger partial charge is 0.255 e. The summed E-state index contributed by atoms with van der Waals surface area (Å²) in [7, 11) is -2.29. The van der Waals surface area contributed by atoms with E-state index in [9.17, 15) is 13.2 Å². The van der Waals surface area contributed by atoms with E-state index < -0.39 is 15.9 Å². The first-order valence-corrected chi connectivity index (χ1v) is 13.1. The van der Waals surface area contributed by atoms with Crippen LogP contribution in [0.25, 0.3) is 0 Å². The molecule has 0 saturated carbocycles. The van der Waals surface area contributed by atoms with E-state index in [1.165, 1.54) is 34.7 Å². The van der Waals surface area contributed by atoms with Crippen molar-refractivity contribution in [2.75, 3.05) is 43.5 Å². The number of amides is 1. The molecular weight excluding hydrogens is 486 g/mol. The van der Waals surface area contributed by atoms with Gasteiger partial charge in [-0.05, 0) is 73.5 Å². The van der Waals surface area contributed by atoms with Crippen molar-refractivity contribution in [1.82, 2.24) is 4.31 Å². The third kappa shape index (κ3) is 5.29. The van der Waals surface area contributed by atoms with Crippen molar-refractivity contribution in [3.8, 4) is 5.75 Å². The van der Waals surface area contributed by atoms with E-state index in [0.29, 0.717) is 42.5 Å². The number of carbonyl (C=O) groups is 1. The normalized spacial score (nSPS) is 14.6.